The Morgan fingerprint density at radius 1 is 1.53 bits per heavy atom. The van der Waals surface area contributed by atoms with Gasteiger partial charge in [-0.2, -0.15) is 0 Å². The molecule has 0 aromatic carbocycles. The smallest absolute Gasteiger partial charge is 0.126 e. The molecule has 0 saturated heterocycles. The lowest BCUT2D eigenvalue weighted by Crippen LogP contribution is -2.26. The zero-order chi connectivity index (χ0) is 11.5. The third-order valence-corrected chi connectivity index (χ3v) is 3.41. The fraction of sp³-hybridized carbons (Fsp3) is 0.643. The summed E-state index contributed by atoms with van der Waals surface area (Å²) in [7, 11) is 0. The molecule has 0 spiro atoms. The Morgan fingerprint density at radius 2 is 2.20 bits per heavy atom. The lowest BCUT2D eigenvalue weighted by molar-refractivity contribution is -0.109. The highest BCUT2D eigenvalue weighted by Crippen LogP contribution is 2.41. The fourth-order valence-electron chi connectivity index (χ4n) is 2.31. The van der Waals surface area contributed by atoms with Gasteiger partial charge >= 0.3 is 0 Å². The lowest BCUT2D eigenvalue weighted by Gasteiger charge is -2.36. The van der Waals surface area contributed by atoms with Gasteiger partial charge in [0.05, 0.1) is 0 Å². The monoisotopic (exact) mass is 206 g/mol. The van der Waals surface area contributed by atoms with Crippen LogP contribution in [0, 0.1) is 17.3 Å². The molecule has 0 aromatic rings. The summed E-state index contributed by atoms with van der Waals surface area (Å²) in [6.07, 6.45) is 9.98. The highest BCUT2D eigenvalue weighted by atomic mass is 16.1. The number of aldehydes is 1. The number of allylic oxidation sites excluding steroid dienone is 4. The van der Waals surface area contributed by atoms with Gasteiger partial charge in [-0.3, -0.25) is 0 Å². The van der Waals surface area contributed by atoms with E-state index in [1.165, 1.54) is 18.4 Å². The van der Waals surface area contributed by atoms with Gasteiger partial charge in [-0.25, -0.2) is 0 Å². The summed E-state index contributed by atoms with van der Waals surface area (Å²) in [5.41, 5.74) is 1.78. The van der Waals surface area contributed by atoms with E-state index in [0.717, 1.165) is 6.29 Å². The van der Waals surface area contributed by atoms with Crippen LogP contribution in [-0.4, -0.2) is 6.29 Å². The van der Waals surface area contributed by atoms with E-state index in [1.807, 2.05) is 13.0 Å². The number of hydrogen-bond acceptors (Lipinski definition) is 1. The van der Waals surface area contributed by atoms with Crippen LogP contribution in [0.25, 0.3) is 0 Å². The molecule has 2 unspecified atom stereocenters. The molecule has 1 aliphatic carbocycles. The van der Waals surface area contributed by atoms with Crippen LogP contribution in [0.15, 0.2) is 23.8 Å². The Labute approximate surface area is 93.3 Å². The molecule has 0 radical (unpaired) electrons. The largest absolute Gasteiger partial charge is 0.303 e. The van der Waals surface area contributed by atoms with Crippen molar-refractivity contribution < 1.29 is 4.79 Å². The van der Waals surface area contributed by atoms with Crippen molar-refractivity contribution in [3.63, 3.8) is 0 Å². The van der Waals surface area contributed by atoms with Crippen molar-refractivity contribution in [2.75, 3.05) is 0 Å². The predicted molar refractivity (Wildman–Crippen MR) is 64.6 cm³/mol. The van der Waals surface area contributed by atoms with Crippen molar-refractivity contribution in [1.29, 1.82) is 0 Å². The van der Waals surface area contributed by atoms with Crippen LogP contribution in [0.3, 0.4) is 0 Å². The first-order valence-corrected chi connectivity index (χ1v) is 5.77. The molecule has 2 atom stereocenters. The van der Waals surface area contributed by atoms with Crippen LogP contribution in [0.2, 0.25) is 0 Å². The Balaban J connectivity index is 2.81. The van der Waals surface area contributed by atoms with Crippen LogP contribution < -0.4 is 0 Å². The summed E-state index contributed by atoms with van der Waals surface area (Å²) < 4.78 is 0. The van der Waals surface area contributed by atoms with Gasteiger partial charge in [0.1, 0.15) is 6.29 Å². The molecule has 1 heteroatoms. The van der Waals surface area contributed by atoms with Crippen LogP contribution in [0.4, 0.5) is 0 Å². The maximum atomic E-state index is 10.6. The van der Waals surface area contributed by atoms with Gasteiger partial charge < -0.3 is 4.79 Å². The minimum atomic E-state index is 0.0375. The highest BCUT2D eigenvalue weighted by molar-refractivity contribution is 5.55. The molecule has 0 bridgehead atoms. The molecule has 0 fully saturated rings. The van der Waals surface area contributed by atoms with Crippen molar-refractivity contribution in [3.05, 3.63) is 23.8 Å². The zero-order valence-corrected chi connectivity index (χ0v) is 10.3. The molecule has 0 saturated carbocycles. The van der Waals surface area contributed by atoms with Crippen LogP contribution >= 0.6 is 0 Å². The summed E-state index contributed by atoms with van der Waals surface area (Å²) in [5.74, 6) is 0.532. The van der Waals surface area contributed by atoms with Crippen LogP contribution in [0.1, 0.15) is 40.5 Å². The summed E-state index contributed by atoms with van der Waals surface area (Å²) in [6.45, 7) is 8.74. The van der Waals surface area contributed by atoms with E-state index < -0.39 is 0 Å². The average molecular weight is 206 g/mol. The molecule has 84 valence electrons. The number of carbonyl (C=O) groups excluding carboxylic acids is 1. The van der Waals surface area contributed by atoms with Gasteiger partial charge in [0.25, 0.3) is 0 Å². The van der Waals surface area contributed by atoms with E-state index >= 15 is 0 Å². The average Bonchev–Trinajstić information content (AvgIpc) is 2.15. The molecule has 0 amide bonds. The van der Waals surface area contributed by atoms with Gasteiger partial charge in [-0.15, -0.1) is 0 Å². The van der Waals surface area contributed by atoms with Gasteiger partial charge in [-0.05, 0) is 25.2 Å². The molecule has 0 aromatic heterocycles. The Morgan fingerprint density at radius 3 is 2.73 bits per heavy atom. The first kappa shape index (κ1) is 12.2. The molecule has 0 heterocycles. The second-order valence-electron chi connectivity index (χ2n) is 5.33. The first-order valence-electron chi connectivity index (χ1n) is 5.77. The highest BCUT2D eigenvalue weighted by Gasteiger charge is 2.30. The minimum Gasteiger partial charge on any atom is -0.303 e. The van der Waals surface area contributed by atoms with Crippen molar-refractivity contribution in [3.8, 4) is 0 Å². The van der Waals surface area contributed by atoms with Crippen LogP contribution in [0.5, 0.6) is 0 Å². The Hall–Kier alpha value is -0.850. The third-order valence-electron chi connectivity index (χ3n) is 3.41. The summed E-state index contributed by atoms with van der Waals surface area (Å²) >= 11 is 0. The maximum Gasteiger partial charge on any atom is 0.126 e. The fourth-order valence-corrected chi connectivity index (χ4v) is 2.31. The second-order valence-corrected chi connectivity index (χ2v) is 5.33. The second kappa shape index (κ2) is 4.78. The zero-order valence-electron chi connectivity index (χ0n) is 10.3. The quantitative estimate of drug-likeness (QED) is 0.507. The van der Waals surface area contributed by atoms with E-state index in [9.17, 15) is 4.79 Å². The molecule has 0 N–H and O–H groups in total. The Bertz CT molecular complexity index is 284. The van der Waals surface area contributed by atoms with Crippen molar-refractivity contribution in [2.24, 2.45) is 17.3 Å². The van der Waals surface area contributed by atoms with Crippen LogP contribution in [-0.2, 0) is 4.79 Å². The van der Waals surface area contributed by atoms with E-state index in [4.69, 9.17) is 0 Å². The lowest BCUT2D eigenvalue weighted by atomic mass is 9.68. The molecule has 1 nitrogen and oxygen atoms in total. The number of rotatable bonds is 3. The predicted octanol–water partition coefficient (Wildman–Crippen LogP) is 3.76. The summed E-state index contributed by atoms with van der Waals surface area (Å²) in [4.78, 5) is 10.6. The first-order chi connectivity index (χ1) is 6.97. The molecule has 1 rings (SSSR count). The molecule has 15 heavy (non-hydrogen) atoms. The van der Waals surface area contributed by atoms with E-state index in [2.05, 4.69) is 32.9 Å². The topological polar surface area (TPSA) is 17.1 Å². The molecule has 1 aliphatic rings. The molecular formula is C14H22O. The van der Waals surface area contributed by atoms with Crippen molar-refractivity contribution in [2.45, 2.75) is 40.5 Å². The minimum absolute atomic E-state index is 0.0375. The van der Waals surface area contributed by atoms with E-state index in [0.29, 0.717) is 11.3 Å². The van der Waals surface area contributed by atoms with E-state index in [-0.39, 0.29) is 5.92 Å². The SMILES string of the molecule is CC1=CCCC(C)(C)C1/C=C/C(C)C=O. The van der Waals surface area contributed by atoms with Gasteiger partial charge in [0, 0.05) is 11.8 Å². The number of hydrogen-bond donors (Lipinski definition) is 0. The van der Waals surface area contributed by atoms with Gasteiger partial charge in [0.2, 0.25) is 0 Å². The number of carbonyl (C=O) groups is 1. The molecular weight excluding hydrogens is 184 g/mol. The standard InChI is InChI=1S/C14H22O/c1-11(10-15)7-8-13-12(2)6-5-9-14(13,3)4/h6-8,10-11,13H,5,9H2,1-4H3/b8-7+. The van der Waals surface area contributed by atoms with Crippen molar-refractivity contribution in [1.82, 2.24) is 0 Å². The third kappa shape index (κ3) is 3.05. The van der Waals surface area contributed by atoms with E-state index in [1.54, 1.807) is 0 Å². The normalized spacial score (nSPS) is 27.5. The van der Waals surface area contributed by atoms with Gasteiger partial charge in [-0.1, -0.05) is 44.6 Å². The van der Waals surface area contributed by atoms with Crippen molar-refractivity contribution >= 4 is 6.29 Å². The summed E-state index contributed by atoms with van der Waals surface area (Å²) in [6, 6.07) is 0. The Kier molecular flexibility index (Phi) is 3.90. The van der Waals surface area contributed by atoms with Gasteiger partial charge in [0.15, 0.2) is 0 Å². The summed E-state index contributed by atoms with van der Waals surface area (Å²) in [5, 5.41) is 0. The maximum absolute atomic E-state index is 10.6. The molecule has 0 aliphatic heterocycles.